The lowest BCUT2D eigenvalue weighted by Crippen LogP contribution is -1.98. The van der Waals surface area contributed by atoms with Gasteiger partial charge in [0.15, 0.2) is 5.58 Å². The molecule has 15 heavy (non-hydrogen) atoms. The Kier molecular flexibility index (Phi) is 2.67. The number of nitrogens with zero attached hydrogens (tertiary/aromatic N) is 2. The predicted molar refractivity (Wildman–Crippen MR) is 57.7 cm³/mol. The summed E-state index contributed by atoms with van der Waals surface area (Å²) in [5, 5.41) is 6.65. The first kappa shape index (κ1) is 9.71. The first-order valence-electron chi connectivity index (χ1n) is 4.25. The minimum Gasteiger partial charge on any atom is -0.356 e. The molecular weight excluding hydrogens is 212 g/mol. The normalized spacial score (nSPS) is 9.87. The van der Waals surface area contributed by atoms with Crippen LogP contribution in [0.2, 0.25) is 0 Å². The van der Waals surface area contributed by atoms with E-state index in [4.69, 9.17) is 4.52 Å². The molecule has 0 spiro atoms. The number of aromatic nitrogens is 1. The van der Waals surface area contributed by atoms with Crippen LogP contribution in [0.3, 0.4) is 0 Å². The van der Waals surface area contributed by atoms with Crippen LogP contribution in [0.25, 0.3) is 11.0 Å². The van der Waals surface area contributed by atoms with Gasteiger partial charge in [-0.2, -0.15) is 4.99 Å². The van der Waals surface area contributed by atoms with Gasteiger partial charge in [-0.3, -0.25) is 4.79 Å². The Hall–Kier alpha value is -1.84. The van der Waals surface area contributed by atoms with Crippen molar-refractivity contribution >= 4 is 34.3 Å². The Balaban J connectivity index is 2.36. The SMILES string of the molecule is O=C(Cc1noc2ccccc12)N=C=S. The van der Waals surface area contributed by atoms with Crippen LogP contribution >= 0.6 is 12.2 Å². The molecule has 1 aromatic carbocycles. The zero-order chi connectivity index (χ0) is 10.7. The summed E-state index contributed by atoms with van der Waals surface area (Å²) in [7, 11) is 0. The molecule has 4 nitrogen and oxygen atoms in total. The maximum Gasteiger partial charge on any atom is 0.260 e. The van der Waals surface area contributed by atoms with Gasteiger partial charge in [0.05, 0.1) is 11.6 Å². The highest BCUT2D eigenvalue weighted by Gasteiger charge is 2.10. The van der Waals surface area contributed by atoms with Crippen LogP contribution in [-0.4, -0.2) is 16.2 Å². The second kappa shape index (κ2) is 4.13. The molecule has 0 bridgehead atoms. The van der Waals surface area contributed by atoms with Crippen molar-refractivity contribution in [1.82, 2.24) is 5.16 Å². The maximum absolute atomic E-state index is 11.2. The number of carbonyl (C=O) groups is 1. The summed E-state index contributed by atoms with van der Waals surface area (Å²) >= 11 is 4.34. The zero-order valence-electron chi connectivity index (χ0n) is 7.64. The fourth-order valence-electron chi connectivity index (χ4n) is 1.30. The number of benzene rings is 1. The van der Waals surface area contributed by atoms with Crippen molar-refractivity contribution in [3.63, 3.8) is 0 Å². The summed E-state index contributed by atoms with van der Waals surface area (Å²) < 4.78 is 5.04. The van der Waals surface area contributed by atoms with Gasteiger partial charge in [0.1, 0.15) is 5.69 Å². The van der Waals surface area contributed by atoms with Crippen LogP contribution < -0.4 is 0 Å². The van der Waals surface area contributed by atoms with Crippen molar-refractivity contribution in [2.45, 2.75) is 6.42 Å². The highest BCUT2D eigenvalue weighted by Crippen LogP contribution is 2.18. The van der Waals surface area contributed by atoms with Gasteiger partial charge < -0.3 is 4.52 Å². The van der Waals surface area contributed by atoms with Gasteiger partial charge in [-0.05, 0) is 24.4 Å². The van der Waals surface area contributed by atoms with E-state index in [9.17, 15) is 4.79 Å². The fraction of sp³-hybridized carbons (Fsp3) is 0.100. The molecule has 0 radical (unpaired) electrons. The van der Waals surface area contributed by atoms with Crippen molar-refractivity contribution < 1.29 is 9.32 Å². The lowest BCUT2D eigenvalue weighted by Gasteiger charge is -1.89. The van der Waals surface area contributed by atoms with Gasteiger partial charge in [-0.15, -0.1) is 0 Å². The molecule has 0 saturated carbocycles. The fourth-order valence-corrected chi connectivity index (χ4v) is 1.40. The second-order valence-corrected chi connectivity index (χ2v) is 3.08. The smallest absolute Gasteiger partial charge is 0.260 e. The van der Waals surface area contributed by atoms with E-state index < -0.39 is 0 Å². The summed E-state index contributed by atoms with van der Waals surface area (Å²) in [6, 6.07) is 7.33. The van der Waals surface area contributed by atoms with Gasteiger partial charge in [0, 0.05) is 5.39 Å². The van der Waals surface area contributed by atoms with Crippen LogP contribution in [0.15, 0.2) is 33.8 Å². The Labute approximate surface area is 90.6 Å². The Bertz CT molecular complexity index is 555. The summed E-state index contributed by atoms with van der Waals surface area (Å²) in [5.74, 6) is -0.371. The van der Waals surface area contributed by atoms with E-state index in [1.54, 1.807) is 6.07 Å². The summed E-state index contributed by atoms with van der Waals surface area (Å²) in [4.78, 5) is 14.5. The van der Waals surface area contributed by atoms with E-state index in [0.29, 0.717) is 11.3 Å². The van der Waals surface area contributed by atoms with E-state index in [0.717, 1.165) is 5.39 Å². The average Bonchev–Trinajstić information content (AvgIpc) is 2.62. The molecule has 0 saturated heterocycles. The molecule has 0 aliphatic rings. The second-order valence-electron chi connectivity index (χ2n) is 2.90. The highest BCUT2D eigenvalue weighted by molar-refractivity contribution is 7.78. The monoisotopic (exact) mass is 218 g/mol. The zero-order valence-corrected chi connectivity index (χ0v) is 8.45. The highest BCUT2D eigenvalue weighted by atomic mass is 32.1. The molecule has 0 aliphatic carbocycles. The number of hydrogen-bond donors (Lipinski definition) is 0. The summed E-state index contributed by atoms with van der Waals surface area (Å²) in [6.07, 6.45) is 0.0840. The third-order valence-corrected chi connectivity index (χ3v) is 2.03. The number of thiocarbonyl (C=S) groups is 1. The molecule has 0 aliphatic heterocycles. The van der Waals surface area contributed by atoms with E-state index >= 15 is 0 Å². The third-order valence-electron chi connectivity index (χ3n) is 1.94. The molecule has 5 heteroatoms. The molecular formula is C10H6N2O2S. The molecule has 1 aromatic heterocycles. The average molecular weight is 218 g/mol. The van der Waals surface area contributed by atoms with Crippen LogP contribution in [0.4, 0.5) is 0 Å². The van der Waals surface area contributed by atoms with Gasteiger partial charge in [0.25, 0.3) is 5.91 Å². The van der Waals surface area contributed by atoms with Gasteiger partial charge >= 0.3 is 0 Å². The number of fused-ring (bicyclic) bond motifs is 1. The topological polar surface area (TPSA) is 55.5 Å². The first-order chi connectivity index (χ1) is 7.31. The number of rotatable bonds is 2. The minimum atomic E-state index is -0.371. The van der Waals surface area contributed by atoms with E-state index in [1.165, 1.54) is 0 Å². The van der Waals surface area contributed by atoms with Crippen molar-refractivity contribution in [2.24, 2.45) is 4.99 Å². The van der Waals surface area contributed by atoms with Crippen LogP contribution in [-0.2, 0) is 11.2 Å². The van der Waals surface area contributed by atoms with Crippen molar-refractivity contribution in [3.05, 3.63) is 30.0 Å². The lowest BCUT2D eigenvalue weighted by atomic mass is 10.2. The number of hydrogen-bond acceptors (Lipinski definition) is 4. The first-order valence-corrected chi connectivity index (χ1v) is 4.66. The standard InChI is InChI=1S/C10H6N2O2S/c13-10(11-6-15)5-8-7-3-1-2-4-9(7)14-12-8/h1-4H,5H2. The number of amides is 1. The van der Waals surface area contributed by atoms with Gasteiger partial charge in [-0.1, -0.05) is 17.3 Å². The largest absolute Gasteiger partial charge is 0.356 e. The van der Waals surface area contributed by atoms with Crippen LogP contribution in [0.1, 0.15) is 5.69 Å². The molecule has 74 valence electrons. The van der Waals surface area contributed by atoms with E-state index in [1.807, 2.05) is 23.4 Å². The van der Waals surface area contributed by atoms with E-state index in [-0.39, 0.29) is 12.3 Å². The molecule has 0 atom stereocenters. The molecule has 1 heterocycles. The summed E-state index contributed by atoms with van der Waals surface area (Å²) in [5.41, 5.74) is 1.23. The quantitative estimate of drug-likeness (QED) is 0.571. The molecule has 2 rings (SSSR count). The molecule has 0 N–H and O–H groups in total. The van der Waals surface area contributed by atoms with Crippen LogP contribution in [0, 0.1) is 0 Å². The predicted octanol–water partition coefficient (Wildman–Crippen LogP) is 2.00. The van der Waals surface area contributed by atoms with Crippen molar-refractivity contribution in [3.8, 4) is 0 Å². The molecule has 1 amide bonds. The Morgan fingerprint density at radius 2 is 2.33 bits per heavy atom. The lowest BCUT2D eigenvalue weighted by molar-refractivity contribution is -0.117. The Morgan fingerprint density at radius 3 is 3.13 bits per heavy atom. The maximum atomic E-state index is 11.2. The number of isothiocyanates is 1. The number of aliphatic imine (C=N–C) groups is 1. The van der Waals surface area contributed by atoms with Crippen LogP contribution in [0.5, 0.6) is 0 Å². The van der Waals surface area contributed by atoms with E-state index in [2.05, 4.69) is 22.4 Å². The number of carbonyl (C=O) groups excluding carboxylic acids is 1. The summed E-state index contributed by atoms with van der Waals surface area (Å²) in [6.45, 7) is 0. The van der Waals surface area contributed by atoms with Crippen molar-refractivity contribution in [2.75, 3.05) is 0 Å². The molecule has 0 fully saturated rings. The van der Waals surface area contributed by atoms with Gasteiger partial charge in [0.2, 0.25) is 0 Å². The van der Waals surface area contributed by atoms with Gasteiger partial charge in [-0.25, -0.2) is 0 Å². The molecule has 0 unspecified atom stereocenters. The third kappa shape index (κ3) is 1.98. The van der Waals surface area contributed by atoms with Crippen molar-refractivity contribution in [1.29, 1.82) is 0 Å². The number of para-hydroxylation sites is 1. The minimum absolute atomic E-state index is 0.0840. The molecule has 2 aromatic rings. The Morgan fingerprint density at radius 1 is 1.53 bits per heavy atom.